The van der Waals surface area contributed by atoms with Crippen LogP contribution in [0.5, 0.6) is 0 Å². The largest absolute Gasteiger partial charge is 0.417 e. The van der Waals surface area contributed by atoms with E-state index in [-0.39, 0.29) is 30.6 Å². The van der Waals surface area contributed by atoms with E-state index in [9.17, 15) is 23.1 Å². The number of benzene rings is 1. The third-order valence-corrected chi connectivity index (χ3v) is 8.28. The van der Waals surface area contributed by atoms with Crippen molar-refractivity contribution in [3.63, 3.8) is 0 Å². The number of hydrogen-bond acceptors (Lipinski definition) is 5. The Labute approximate surface area is 205 Å². The van der Waals surface area contributed by atoms with Crippen molar-refractivity contribution < 1.29 is 23.1 Å². The molecule has 2 aliphatic heterocycles. The highest BCUT2D eigenvalue weighted by Gasteiger charge is 2.62. The third-order valence-electron chi connectivity index (χ3n) is 8.04. The summed E-state index contributed by atoms with van der Waals surface area (Å²) in [6.07, 6.45) is -1.78. The number of likely N-dealkylation sites (tertiary alicyclic amines) is 1. The first-order valence-electron chi connectivity index (χ1n) is 12.2. The highest BCUT2D eigenvalue weighted by molar-refractivity contribution is 6.30. The summed E-state index contributed by atoms with van der Waals surface area (Å²) in [7, 11) is 0. The van der Waals surface area contributed by atoms with Crippen LogP contribution in [0.15, 0.2) is 18.2 Å². The van der Waals surface area contributed by atoms with Crippen LogP contribution in [-0.4, -0.2) is 66.5 Å². The fraction of sp³-hybridized carbons (Fsp3) is 0.625. The summed E-state index contributed by atoms with van der Waals surface area (Å²) in [6.45, 7) is 2.13. The number of rotatable bonds is 3. The molecular weight excluding hydrogens is 483 g/mol. The van der Waals surface area contributed by atoms with Gasteiger partial charge < -0.3 is 10.0 Å². The fourth-order valence-electron chi connectivity index (χ4n) is 5.73. The first kappa shape index (κ1) is 23.2. The van der Waals surface area contributed by atoms with Gasteiger partial charge in [-0.2, -0.15) is 13.2 Å². The van der Waals surface area contributed by atoms with Crippen molar-refractivity contribution in [3.8, 4) is 5.69 Å². The monoisotopic (exact) mass is 509 g/mol. The highest BCUT2D eigenvalue weighted by atomic mass is 35.5. The van der Waals surface area contributed by atoms with Crippen molar-refractivity contribution in [1.82, 2.24) is 24.6 Å². The minimum Gasteiger partial charge on any atom is -0.380 e. The number of nitrogens with zero attached hydrogens (tertiary/aromatic N) is 5. The van der Waals surface area contributed by atoms with Gasteiger partial charge in [-0.1, -0.05) is 11.6 Å². The average molecular weight is 510 g/mol. The number of alkyl halides is 3. The molecule has 2 aliphatic carbocycles. The maximum absolute atomic E-state index is 13.2. The summed E-state index contributed by atoms with van der Waals surface area (Å²) in [4.78, 5) is 16.3. The Morgan fingerprint density at radius 2 is 1.80 bits per heavy atom. The maximum Gasteiger partial charge on any atom is 0.417 e. The molecule has 0 atom stereocenters. The smallest absolute Gasteiger partial charge is 0.380 e. The molecule has 0 radical (unpaired) electrons. The van der Waals surface area contributed by atoms with Crippen LogP contribution in [0.2, 0.25) is 5.02 Å². The Kier molecular flexibility index (Phi) is 5.43. The first-order chi connectivity index (χ1) is 16.6. The second kappa shape index (κ2) is 8.18. The van der Waals surface area contributed by atoms with Gasteiger partial charge >= 0.3 is 6.18 Å². The fourth-order valence-corrected chi connectivity index (χ4v) is 5.92. The normalized spacial score (nSPS) is 27.7. The summed E-state index contributed by atoms with van der Waals surface area (Å²) in [6, 6.07) is 5.13. The molecule has 0 bridgehead atoms. The Bertz CT molecular complexity index is 1150. The number of hydrogen-bond donors (Lipinski definition) is 1. The summed E-state index contributed by atoms with van der Waals surface area (Å²) in [5.41, 5.74) is -0.860. The zero-order chi connectivity index (χ0) is 24.5. The number of fused-ring (bicyclic) bond motifs is 3. The Morgan fingerprint density at radius 1 is 1.09 bits per heavy atom. The third kappa shape index (κ3) is 4.03. The number of carbonyl (C=O) groups is 1. The SMILES string of the molecule is O=C(C1CC1)N1CCC(c2nnc3n2-c2ccc(Cl)cc2CN(C2CC(O)(C(F)(F)F)C2)C3)CC1. The molecule has 1 aromatic heterocycles. The Hall–Kier alpha value is -2.17. The van der Waals surface area contributed by atoms with Crippen molar-refractivity contribution in [2.24, 2.45) is 5.92 Å². The van der Waals surface area contributed by atoms with Gasteiger partial charge in [0.1, 0.15) is 5.82 Å². The van der Waals surface area contributed by atoms with Gasteiger partial charge in [-0.25, -0.2) is 0 Å². The van der Waals surface area contributed by atoms with Gasteiger partial charge in [0, 0.05) is 55.4 Å². The van der Waals surface area contributed by atoms with Crippen LogP contribution < -0.4 is 0 Å². The van der Waals surface area contributed by atoms with E-state index in [0.717, 1.165) is 42.8 Å². The standard InChI is InChI=1S/C24H27ClF3N5O2/c25-17-3-4-19-16(9-17)12-32(18-10-23(35,11-18)24(26,27)28)13-20-29-30-21(33(19)20)14-5-7-31(8-6-14)22(34)15-1-2-15/h3-4,9,14-15,18,35H,1-2,5-8,10-13H2. The van der Waals surface area contributed by atoms with Crippen LogP contribution in [0.25, 0.3) is 5.69 Å². The molecule has 188 valence electrons. The molecule has 6 rings (SSSR count). The molecule has 1 N–H and O–H groups in total. The van der Waals surface area contributed by atoms with Crippen LogP contribution in [0.3, 0.4) is 0 Å². The van der Waals surface area contributed by atoms with Crippen LogP contribution in [0.1, 0.15) is 61.7 Å². The number of aliphatic hydroxyl groups is 1. The predicted octanol–water partition coefficient (Wildman–Crippen LogP) is 3.81. The zero-order valence-corrected chi connectivity index (χ0v) is 19.9. The Balaban J connectivity index is 1.27. The number of piperidine rings is 1. The second-order valence-electron chi connectivity index (χ2n) is 10.5. The van der Waals surface area contributed by atoms with E-state index in [1.807, 2.05) is 26.5 Å². The van der Waals surface area contributed by atoms with Gasteiger partial charge in [-0.15, -0.1) is 10.2 Å². The molecule has 3 fully saturated rings. The maximum atomic E-state index is 13.2. The topological polar surface area (TPSA) is 74.5 Å². The number of carbonyl (C=O) groups excluding carboxylic acids is 1. The molecule has 3 heterocycles. The number of halogens is 4. The van der Waals surface area contributed by atoms with Crippen molar-refractivity contribution in [2.75, 3.05) is 13.1 Å². The zero-order valence-electron chi connectivity index (χ0n) is 19.1. The first-order valence-corrected chi connectivity index (χ1v) is 12.6. The molecule has 35 heavy (non-hydrogen) atoms. The molecule has 1 saturated heterocycles. The molecule has 11 heteroatoms. The van der Waals surface area contributed by atoms with Gasteiger partial charge in [0.25, 0.3) is 0 Å². The second-order valence-corrected chi connectivity index (χ2v) is 10.9. The van der Waals surface area contributed by atoms with Crippen molar-refractivity contribution in [2.45, 2.75) is 75.4 Å². The molecule has 0 spiro atoms. The Morgan fingerprint density at radius 3 is 2.46 bits per heavy atom. The van der Waals surface area contributed by atoms with Gasteiger partial charge in [-0.3, -0.25) is 14.3 Å². The van der Waals surface area contributed by atoms with E-state index in [1.165, 1.54) is 0 Å². The predicted molar refractivity (Wildman–Crippen MR) is 121 cm³/mol. The average Bonchev–Trinajstić information content (AvgIpc) is 3.58. The lowest BCUT2D eigenvalue weighted by molar-refractivity contribution is -0.300. The van der Waals surface area contributed by atoms with Crippen molar-refractivity contribution in [1.29, 1.82) is 0 Å². The molecule has 0 unspecified atom stereocenters. The van der Waals surface area contributed by atoms with E-state index < -0.39 is 17.8 Å². The van der Waals surface area contributed by atoms with Crippen LogP contribution >= 0.6 is 11.6 Å². The van der Waals surface area contributed by atoms with E-state index in [2.05, 4.69) is 10.2 Å². The minimum atomic E-state index is -4.64. The van der Waals surface area contributed by atoms with E-state index in [0.29, 0.717) is 37.0 Å². The van der Waals surface area contributed by atoms with E-state index in [1.54, 1.807) is 6.07 Å². The molecule has 1 amide bonds. The van der Waals surface area contributed by atoms with Crippen LogP contribution in [-0.2, 0) is 17.9 Å². The van der Waals surface area contributed by atoms with E-state index in [4.69, 9.17) is 11.6 Å². The summed E-state index contributed by atoms with van der Waals surface area (Å²) >= 11 is 6.29. The molecule has 1 aromatic carbocycles. The summed E-state index contributed by atoms with van der Waals surface area (Å²) in [5, 5.41) is 19.5. The molecule has 2 aromatic rings. The number of aromatic nitrogens is 3. The van der Waals surface area contributed by atoms with Gasteiger partial charge in [0.2, 0.25) is 5.91 Å². The van der Waals surface area contributed by atoms with Gasteiger partial charge in [-0.05, 0) is 49.4 Å². The van der Waals surface area contributed by atoms with Crippen LogP contribution in [0, 0.1) is 5.92 Å². The van der Waals surface area contributed by atoms with Gasteiger partial charge in [0.15, 0.2) is 11.4 Å². The minimum absolute atomic E-state index is 0.133. The highest BCUT2D eigenvalue weighted by Crippen LogP contribution is 2.48. The summed E-state index contributed by atoms with van der Waals surface area (Å²) in [5.74, 6) is 2.09. The van der Waals surface area contributed by atoms with Gasteiger partial charge in [0.05, 0.1) is 12.2 Å². The molecule has 4 aliphatic rings. The number of amides is 1. The van der Waals surface area contributed by atoms with Crippen molar-refractivity contribution >= 4 is 17.5 Å². The summed E-state index contributed by atoms with van der Waals surface area (Å²) < 4.78 is 41.7. The lowest BCUT2D eigenvalue weighted by Crippen LogP contribution is -2.61. The van der Waals surface area contributed by atoms with Crippen molar-refractivity contribution in [3.05, 3.63) is 40.4 Å². The quantitative estimate of drug-likeness (QED) is 0.681. The lowest BCUT2D eigenvalue weighted by atomic mass is 9.74. The molecule has 7 nitrogen and oxygen atoms in total. The van der Waals surface area contributed by atoms with E-state index >= 15 is 0 Å². The lowest BCUT2D eigenvalue weighted by Gasteiger charge is -2.48. The van der Waals surface area contributed by atoms with Crippen LogP contribution in [0.4, 0.5) is 13.2 Å². The molecular formula is C24H27ClF3N5O2. The molecule has 2 saturated carbocycles.